The largest absolute Gasteiger partial charge is 0.380 e. The van der Waals surface area contributed by atoms with Gasteiger partial charge in [-0.05, 0) is 25.2 Å². The molecule has 3 heteroatoms. The molecule has 0 saturated heterocycles. The fourth-order valence-corrected chi connectivity index (χ4v) is 4.06. The fraction of sp³-hybridized carbons (Fsp3) is 0.917. The number of hydrogen-bond donors (Lipinski definition) is 0. The zero-order chi connectivity index (χ0) is 10.9. The van der Waals surface area contributed by atoms with Gasteiger partial charge in [-0.2, -0.15) is 0 Å². The summed E-state index contributed by atoms with van der Waals surface area (Å²) in [5.41, 5.74) is 0.00664. The van der Waals surface area contributed by atoms with Crippen molar-refractivity contribution in [3.8, 4) is 0 Å². The van der Waals surface area contributed by atoms with Crippen LogP contribution in [0.2, 0.25) is 0 Å². The van der Waals surface area contributed by atoms with Gasteiger partial charge in [0, 0.05) is 24.3 Å². The maximum Gasteiger partial charge on any atom is 0.139 e. The maximum absolute atomic E-state index is 11.9. The summed E-state index contributed by atoms with van der Waals surface area (Å²) in [5, 5.41) is 0.850. The summed E-state index contributed by atoms with van der Waals surface area (Å²) < 4.78 is 5.52. The Kier molecular flexibility index (Phi) is 3.51. The highest BCUT2D eigenvalue weighted by atomic mass is 79.9. The standard InChI is InChI=1S/C12H19BrO2/c1-15-10(8-13)9-4-2-3-6-12(9)7-5-11(12)14/h9-10H,2-8H2,1H3/t9-,10+,12+/m1/s1. The predicted octanol–water partition coefficient (Wildman–Crippen LogP) is 2.94. The van der Waals surface area contributed by atoms with E-state index < -0.39 is 0 Å². The van der Waals surface area contributed by atoms with Gasteiger partial charge in [0.25, 0.3) is 0 Å². The average Bonchev–Trinajstić information content (AvgIpc) is 2.29. The van der Waals surface area contributed by atoms with Crippen molar-refractivity contribution in [1.82, 2.24) is 0 Å². The molecule has 0 unspecified atom stereocenters. The first-order chi connectivity index (χ1) is 7.24. The van der Waals surface area contributed by atoms with Gasteiger partial charge < -0.3 is 4.74 Å². The summed E-state index contributed by atoms with van der Waals surface area (Å²) in [4.78, 5) is 11.9. The maximum atomic E-state index is 11.9. The molecule has 2 aliphatic carbocycles. The highest BCUT2D eigenvalue weighted by Crippen LogP contribution is 2.54. The predicted molar refractivity (Wildman–Crippen MR) is 63.2 cm³/mol. The summed E-state index contributed by atoms with van der Waals surface area (Å²) in [5.74, 6) is 0.951. The molecule has 0 N–H and O–H groups in total. The third kappa shape index (κ3) is 1.78. The van der Waals surface area contributed by atoms with Crippen molar-refractivity contribution in [1.29, 1.82) is 0 Å². The molecule has 2 nitrogen and oxygen atoms in total. The van der Waals surface area contributed by atoms with Crippen LogP contribution >= 0.6 is 15.9 Å². The van der Waals surface area contributed by atoms with Crippen molar-refractivity contribution in [2.45, 2.75) is 44.6 Å². The van der Waals surface area contributed by atoms with Gasteiger partial charge in [0.2, 0.25) is 0 Å². The highest BCUT2D eigenvalue weighted by Gasteiger charge is 2.54. The van der Waals surface area contributed by atoms with Gasteiger partial charge in [0.1, 0.15) is 5.78 Å². The molecule has 0 aliphatic heterocycles. The Hall–Kier alpha value is 0.110. The van der Waals surface area contributed by atoms with E-state index in [9.17, 15) is 4.79 Å². The second-order valence-corrected chi connectivity index (χ2v) is 5.51. The first-order valence-corrected chi connectivity index (χ1v) is 6.99. The molecular weight excluding hydrogens is 256 g/mol. The number of ether oxygens (including phenoxy) is 1. The fourth-order valence-electron chi connectivity index (χ4n) is 3.35. The Morgan fingerprint density at radius 1 is 1.53 bits per heavy atom. The quantitative estimate of drug-likeness (QED) is 0.740. The van der Waals surface area contributed by atoms with E-state index >= 15 is 0 Å². The van der Waals surface area contributed by atoms with E-state index in [4.69, 9.17) is 4.74 Å². The Morgan fingerprint density at radius 3 is 2.80 bits per heavy atom. The Morgan fingerprint density at radius 2 is 2.33 bits per heavy atom. The molecule has 2 saturated carbocycles. The third-order valence-corrected chi connectivity index (χ3v) is 4.99. The monoisotopic (exact) mass is 274 g/mol. The summed E-state index contributed by atoms with van der Waals surface area (Å²) in [6.07, 6.45) is 6.86. The van der Waals surface area contributed by atoms with Crippen LogP contribution in [0.5, 0.6) is 0 Å². The Balaban J connectivity index is 2.16. The van der Waals surface area contributed by atoms with Gasteiger partial charge in [-0.3, -0.25) is 4.79 Å². The first-order valence-electron chi connectivity index (χ1n) is 5.86. The molecule has 0 bridgehead atoms. The lowest BCUT2D eigenvalue weighted by atomic mass is 9.53. The minimum atomic E-state index is 0.00664. The first kappa shape index (κ1) is 11.6. The molecule has 2 rings (SSSR count). The molecule has 2 fully saturated rings. The lowest BCUT2D eigenvalue weighted by molar-refractivity contribution is -0.152. The minimum Gasteiger partial charge on any atom is -0.380 e. The number of rotatable bonds is 3. The van der Waals surface area contributed by atoms with Crippen LogP contribution in [0, 0.1) is 11.3 Å². The summed E-state index contributed by atoms with van der Waals surface area (Å²) in [7, 11) is 1.76. The molecular formula is C12H19BrO2. The summed E-state index contributed by atoms with van der Waals surface area (Å²) in [6.45, 7) is 0. The average molecular weight is 275 g/mol. The number of carbonyl (C=O) groups excluding carboxylic acids is 1. The van der Waals surface area contributed by atoms with Crippen molar-refractivity contribution in [3.63, 3.8) is 0 Å². The van der Waals surface area contributed by atoms with E-state index in [-0.39, 0.29) is 11.5 Å². The van der Waals surface area contributed by atoms with E-state index in [1.54, 1.807) is 7.11 Å². The van der Waals surface area contributed by atoms with Crippen molar-refractivity contribution >= 4 is 21.7 Å². The molecule has 3 atom stereocenters. The molecule has 86 valence electrons. The number of ketones is 1. The summed E-state index contributed by atoms with van der Waals surface area (Å²) in [6, 6.07) is 0. The van der Waals surface area contributed by atoms with E-state index in [2.05, 4.69) is 15.9 Å². The highest BCUT2D eigenvalue weighted by molar-refractivity contribution is 9.09. The minimum absolute atomic E-state index is 0.00664. The van der Waals surface area contributed by atoms with E-state index in [0.29, 0.717) is 11.7 Å². The van der Waals surface area contributed by atoms with E-state index in [1.165, 1.54) is 12.8 Å². The van der Waals surface area contributed by atoms with Gasteiger partial charge in [-0.15, -0.1) is 0 Å². The van der Waals surface area contributed by atoms with Crippen molar-refractivity contribution in [3.05, 3.63) is 0 Å². The van der Waals surface area contributed by atoms with Crippen molar-refractivity contribution < 1.29 is 9.53 Å². The van der Waals surface area contributed by atoms with Crippen LogP contribution in [-0.4, -0.2) is 24.3 Å². The number of methoxy groups -OCH3 is 1. The number of alkyl halides is 1. The number of halogens is 1. The smallest absolute Gasteiger partial charge is 0.139 e. The second-order valence-electron chi connectivity index (χ2n) is 4.86. The Bertz CT molecular complexity index is 250. The lowest BCUT2D eigenvalue weighted by Gasteiger charge is -2.51. The number of carbonyl (C=O) groups is 1. The molecule has 0 aromatic rings. The molecule has 0 radical (unpaired) electrons. The molecule has 2 aliphatic rings. The van der Waals surface area contributed by atoms with Gasteiger partial charge >= 0.3 is 0 Å². The van der Waals surface area contributed by atoms with Crippen molar-refractivity contribution in [2.24, 2.45) is 11.3 Å². The zero-order valence-corrected chi connectivity index (χ0v) is 10.9. The molecule has 1 spiro atoms. The summed E-state index contributed by atoms with van der Waals surface area (Å²) >= 11 is 3.50. The van der Waals surface area contributed by atoms with Crippen LogP contribution in [-0.2, 0) is 9.53 Å². The molecule has 0 amide bonds. The van der Waals surface area contributed by atoms with Crippen LogP contribution in [0.4, 0.5) is 0 Å². The van der Waals surface area contributed by atoms with E-state index in [0.717, 1.165) is 31.0 Å². The molecule has 15 heavy (non-hydrogen) atoms. The SMILES string of the molecule is CO[C@@H](CBr)[C@H]1CCCC[C@]12CCC2=O. The van der Waals surface area contributed by atoms with Gasteiger partial charge in [-0.1, -0.05) is 28.8 Å². The van der Waals surface area contributed by atoms with Gasteiger partial charge in [0.15, 0.2) is 0 Å². The van der Waals surface area contributed by atoms with Crippen LogP contribution in [0.1, 0.15) is 38.5 Å². The van der Waals surface area contributed by atoms with Crippen LogP contribution in [0.3, 0.4) is 0 Å². The Labute approximate surface area is 99.9 Å². The second kappa shape index (κ2) is 4.54. The van der Waals surface area contributed by atoms with E-state index in [1.807, 2.05) is 0 Å². The van der Waals surface area contributed by atoms with Gasteiger partial charge in [0.05, 0.1) is 6.10 Å². The number of Topliss-reactive ketones (excluding diaryl/α,β-unsaturated/α-hetero) is 1. The molecule has 0 aromatic carbocycles. The normalized spacial score (nSPS) is 37.7. The topological polar surface area (TPSA) is 26.3 Å². The lowest BCUT2D eigenvalue weighted by Crippen LogP contribution is -2.53. The van der Waals surface area contributed by atoms with Gasteiger partial charge in [-0.25, -0.2) is 0 Å². The number of hydrogen-bond acceptors (Lipinski definition) is 2. The van der Waals surface area contributed by atoms with Crippen LogP contribution < -0.4 is 0 Å². The van der Waals surface area contributed by atoms with Crippen LogP contribution in [0.15, 0.2) is 0 Å². The molecule has 0 heterocycles. The third-order valence-electron chi connectivity index (χ3n) is 4.35. The molecule has 0 aromatic heterocycles. The van der Waals surface area contributed by atoms with Crippen LogP contribution in [0.25, 0.3) is 0 Å². The zero-order valence-electron chi connectivity index (χ0n) is 9.30. The van der Waals surface area contributed by atoms with Crippen molar-refractivity contribution in [2.75, 3.05) is 12.4 Å².